The van der Waals surface area contributed by atoms with E-state index >= 15 is 0 Å². The molecule has 1 aromatic rings. The maximum atomic E-state index is 13.5. The number of hydrogen-bond acceptors (Lipinski definition) is 3. The standard InChI is InChI=1S/C13H14F5N3O/c1-7(6-19)3-5-21-8-2-4-12(14,15)11(22)9(8)10(20-21)13(16,17)18/h7,11,22H,2-5H2,1H3/t7?,11-/m0/s1. The molecule has 0 radical (unpaired) electrons. The van der Waals surface area contributed by atoms with Crippen molar-refractivity contribution in [1.29, 1.82) is 5.26 Å². The Morgan fingerprint density at radius 2 is 2.14 bits per heavy atom. The molecule has 2 rings (SSSR count). The lowest BCUT2D eigenvalue weighted by atomic mass is 9.89. The number of nitriles is 1. The molecule has 0 saturated heterocycles. The third-order valence-corrected chi connectivity index (χ3v) is 3.73. The van der Waals surface area contributed by atoms with E-state index in [1.807, 2.05) is 6.07 Å². The van der Waals surface area contributed by atoms with Crippen LogP contribution in [0.25, 0.3) is 0 Å². The van der Waals surface area contributed by atoms with Gasteiger partial charge in [-0.05, 0) is 19.8 Å². The Morgan fingerprint density at radius 1 is 1.50 bits per heavy atom. The first-order chi connectivity index (χ1) is 10.1. The first-order valence-corrected chi connectivity index (χ1v) is 6.70. The Hall–Kier alpha value is -1.69. The maximum absolute atomic E-state index is 13.5. The summed E-state index contributed by atoms with van der Waals surface area (Å²) in [6.45, 7) is 1.61. The van der Waals surface area contributed by atoms with E-state index in [0.29, 0.717) is 0 Å². The number of aliphatic hydroxyl groups is 1. The molecule has 0 fully saturated rings. The van der Waals surface area contributed by atoms with Crippen molar-refractivity contribution in [3.8, 4) is 6.07 Å². The molecule has 22 heavy (non-hydrogen) atoms. The minimum absolute atomic E-state index is 0.00539. The molecular weight excluding hydrogens is 309 g/mol. The van der Waals surface area contributed by atoms with Crippen LogP contribution in [0.1, 0.15) is 42.8 Å². The van der Waals surface area contributed by atoms with Crippen LogP contribution < -0.4 is 0 Å². The molecule has 0 bridgehead atoms. The fourth-order valence-electron chi connectivity index (χ4n) is 2.47. The van der Waals surface area contributed by atoms with Crippen molar-refractivity contribution in [2.75, 3.05) is 0 Å². The van der Waals surface area contributed by atoms with Gasteiger partial charge in [0.2, 0.25) is 0 Å². The van der Waals surface area contributed by atoms with E-state index in [9.17, 15) is 27.1 Å². The predicted molar refractivity (Wildman–Crippen MR) is 64.9 cm³/mol. The molecule has 0 aromatic carbocycles. The van der Waals surface area contributed by atoms with Crippen LogP contribution in [-0.4, -0.2) is 20.8 Å². The van der Waals surface area contributed by atoms with E-state index in [1.165, 1.54) is 0 Å². The van der Waals surface area contributed by atoms with Crippen molar-refractivity contribution in [2.45, 2.75) is 50.9 Å². The Morgan fingerprint density at radius 3 is 2.68 bits per heavy atom. The molecule has 0 aliphatic heterocycles. The van der Waals surface area contributed by atoms with Crippen LogP contribution in [-0.2, 0) is 19.1 Å². The lowest BCUT2D eigenvalue weighted by Gasteiger charge is -2.28. The van der Waals surface area contributed by atoms with Crippen LogP contribution in [0.3, 0.4) is 0 Å². The highest BCUT2D eigenvalue weighted by molar-refractivity contribution is 5.35. The first-order valence-electron chi connectivity index (χ1n) is 6.70. The highest BCUT2D eigenvalue weighted by Gasteiger charge is 2.51. The van der Waals surface area contributed by atoms with Gasteiger partial charge < -0.3 is 5.11 Å². The van der Waals surface area contributed by atoms with Crippen LogP contribution in [0.5, 0.6) is 0 Å². The second kappa shape index (κ2) is 5.50. The Kier molecular flexibility index (Phi) is 4.17. The molecule has 0 spiro atoms. The zero-order valence-corrected chi connectivity index (χ0v) is 11.7. The molecule has 0 saturated carbocycles. The van der Waals surface area contributed by atoms with Crippen molar-refractivity contribution in [3.05, 3.63) is 17.0 Å². The third kappa shape index (κ3) is 2.92. The van der Waals surface area contributed by atoms with Gasteiger partial charge in [0.05, 0.1) is 6.07 Å². The minimum Gasteiger partial charge on any atom is -0.382 e. The number of rotatable bonds is 3. The number of hydrogen-bond donors (Lipinski definition) is 1. The van der Waals surface area contributed by atoms with Gasteiger partial charge in [0.1, 0.15) is 6.10 Å². The summed E-state index contributed by atoms with van der Waals surface area (Å²) in [5, 5.41) is 21.7. The van der Waals surface area contributed by atoms with Crippen molar-refractivity contribution < 1.29 is 27.1 Å². The van der Waals surface area contributed by atoms with Gasteiger partial charge in [-0.25, -0.2) is 8.78 Å². The zero-order chi connectivity index (χ0) is 16.7. The van der Waals surface area contributed by atoms with E-state index in [1.54, 1.807) is 6.92 Å². The summed E-state index contributed by atoms with van der Waals surface area (Å²) >= 11 is 0. The molecule has 1 unspecified atom stereocenters. The predicted octanol–water partition coefficient (Wildman–Crippen LogP) is 3.07. The Balaban J connectivity index is 2.45. The summed E-state index contributed by atoms with van der Waals surface area (Å²) in [6, 6.07) is 1.94. The van der Waals surface area contributed by atoms with E-state index in [2.05, 4.69) is 5.10 Å². The number of fused-ring (bicyclic) bond motifs is 1. The van der Waals surface area contributed by atoms with Crippen LogP contribution in [0.2, 0.25) is 0 Å². The molecule has 122 valence electrons. The molecule has 0 amide bonds. The third-order valence-electron chi connectivity index (χ3n) is 3.73. The van der Waals surface area contributed by atoms with Gasteiger partial charge in [0, 0.05) is 30.1 Å². The van der Waals surface area contributed by atoms with E-state index in [-0.39, 0.29) is 25.1 Å². The Bertz CT molecular complexity index is 602. The van der Waals surface area contributed by atoms with Gasteiger partial charge in [-0.1, -0.05) is 0 Å². The quantitative estimate of drug-likeness (QED) is 0.870. The normalized spacial score (nSPS) is 22.0. The van der Waals surface area contributed by atoms with Crippen molar-refractivity contribution in [1.82, 2.24) is 9.78 Å². The molecule has 1 heterocycles. The number of aliphatic hydroxyl groups excluding tert-OH is 1. The Labute approximate surface area is 123 Å². The lowest BCUT2D eigenvalue weighted by Crippen LogP contribution is -2.33. The SMILES string of the molecule is CC(C#N)CCn1nc(C(F)(F)F)c2c1CCC(F)(F)[C@H]2O. The van der Waals surface area contributed by atoms with Gasteiger partial charge in [-0.3, -0.25) is 4.68 Å². The zero-order valence-electron chi connectivity index (χ0n) is 11.7. The topological polar surface area (TPSA) is 61.8 Å². The monoisotopic (exact) mass is 323 g/mol. The number of halogens is 5. The molecule has 1 aliphatic rings. The lowest BCUT2D eigenvalue weighted by molar-refractivity contribution is -0.150. The largest absolute Gasteiger partial charge is 0.435 e. The van der Waals surface area contributed by atoms with Gasteiger partial charge in [0.25, 0.3) is 5.92 Å². The summed E-state index contributed by atoms with van der Waals surface area (Å²) in [5.74, 6) is -4.01. The molecule has 1 aliphatic carbocycles. The smallest absolute Gasteiger partial charge is 0.382 e. The van der Waals surface area contributed by atoms with E-state index in [0.717, 1.165) is 4.68 Å². The summed E-state index contributed by atoms with van der Waals surface area (Å²) in [6.07, 6.45) is -8.24. The summed E-state index contributed by atoms with van der Waals surface area (Å²) in [5.41, 5.74) is -2.34. The molecule has 1 aromatic heterocycles. The van der Waals surface area contributed by atoms with Crippen molar-refractivity contribution in [2.24, 2.45) is 5.92 Å². The molecule has 4 nitrogen and oxygen atoms in total. The van der Waals surface area contributed by atoms with Crippen LogP contribution >= 0.6 is 0 Å². The van der Waals surface area contributed by atoms with Crippen molar-refractivity contribution in [3.63, 3.8) is 0 Å². The number of aryl methyl sites for hydroxylation is 1. The van der Waals surface area contributed by atoms with Gasteiger partial charge >= 0.3 is 6.18 Å². The van der Waals surface area contributed by atoms with Crippen molar-refractivity contribution >= 4 is 0 Å². The van der Waals surface area contributed by atoms with Crippen LogP contribution in [0.15, 0.2) is 0 Å². The molecule has 2 atom stereocenters. The number of aromatic nitrogens is 2. The minimum atomic E-state index is -4.93. The highest BCUT2D eigenvalue weighted by atomic mass is 19.4. The molecule has 1 N–H and O–H groups in total. The highest BCUT2D eigenvalue weighted by Crippen LogP contribution is 2.46. The van der Waals surface area contributed by atoms with E-state index in [4.69, 9.17) is 5.26 Å². The fraction of sp³-hybridized carbons (Fsp3) is 0.692. The van der Waals surface area contributed by atoms with Crippen LogP contribution in [0, 0.1) is 17.2 Å². The second-order valence-corrected chi connectivity index (χ2v) is 5.41. The maximum Gasteiger partial charge on any atom is 0.435 e. The second-order valence-electron chi connectivity index (χ2n) is 5.41. The number of nitrogens with zero attached hydrogens (tertiary/aromatic N) is 3. The molecular formula is C13H14F5N3O. The molecule has 9 heteroatoms. The fourth-order valence-corrected chi connectivity index (χ4v) is 2.47. The average molecular weight is 323 g/mol. The van der Waals surface area contributed by atoms with Gasteiger partial charge in [-0.15, -0.1) is 0 Å². The number of alkyl halides is 5. The van der Waals surface area contributed by atoms with Gasteiger partial charge in [0.15, 0.2) is 5.69 Å². The average Bonchev–Trinajstić information content (AvgIpc) is 2.79. The first kappa shape index (κ1) is 16.7. The van der Waals surface area contributed by atoms with Gasteiger partial charge in [-0.2, -0.15) is 23.5 Å². The summed E-state index contributed by atoms with van der Waals surface area (Å²) in [4.78, 5) is 0. The van der Waals surface area contributed by atoms with E-state index < -0.39 is 41.8 Å². The summed E-state index contributed by atoms with van der Waals surface area (Å²) < 4.78 is 67.0. The van der Waals surface area contributed by atoms with Crippen LogP contribution in [0.4, 0.5) is 22.0 Å². The summed E-state index contributed by atoms with van der Waals surface area (Å²) in [7, 11) is 0.